The van der Waals surface area contributed by atoms with Gasteiger partial charge in [0, 0.05) is 28.7 Å². The molecule has 0 aliphatic heterocycles. The molecule has 1 N–H and O–H groups in total. The SMILES string of the molecule is Cc1cc(C)c(NC(=O)C(C)Sc2nnc(-c3ccncc3)n2-c2cccc(Cl)c2C)c(C)c1. The molecule has 0 saturated heterocycles. The smallest absolute Gasteiger partial charge is 0.237 e. The lowest BCUT2D eigenvalue weighted by Crippen LogP contribution is -2.24. The number of hydrogen-bond acceptors (Lipinski definition) is 5. The van der Waals surface area contributed by atoms with E-state index in [1.54, 1.807) is 12.4 Å². The van der Waals surface area contributed by atoms with E-state index in [4.69, 9.17) is 11.6 Å². The van der Waals surface area contributed by atoms with Gasteiger partial charge in [0.05, 0.1) is 10.9 Å². The minimum absolute atomic E-state index is 0.0946. The molecule has 0 aliphatic carbocycles. The fraction of sp³-hybridized carbons (Fsp3) is 0.231. The van der Waals surface area contributed by atoms with Gasteiger partial charge in [-0.25, -0.2) is 0 Å². The zero-order valence-electron chi connectivity index (χ0n) is 19.8. The zero-order chi connectivity index (χ0) is 24.4. The molecule has 0 aliphatic rings. The summed E-state index contributed by atoms with van der Waals surface area (Å²) in [5.41, 5.74) is 6.75. The molecule has 0 saturated carbocycles. The summed E-state index contributed by atoms with van der Waals surface area (Å²) < 4.78 is 1.95. The van der Waals surface area contributed by atoms with Gasteiger partial charge < -0.3 is 5.32 Å². The molecule has 174 valence electrons. The molecule has 2 heterocycles. The van der Waals surface area contributed by atoms with Crippen molar-refractivity contribution in [3.05, 3.63) is 82.1 Å². The van der Waals surface area contributed by atoms with Gasteiger partial charge in [-0.2, -0.15) is 0 Å². The second-order valence-corrected chi connectivity index (χ2v) is 10.00. The molecule has 1 atom stereocenters. The number of aryl methyl sites for hydroxylation is 3. The Kier molecular flexibility index (Phi) is 7.05. The summed E-state index contributed by atoms with van der Waals surface area (Å²) >= 11 is 7.79. The molecule has 4 aromatic rings. The summed E-state index contributed by atoms with van der Waals surface area (Å²) in [5.74, 6) is 0.566. The van der Waals surface area contributed by atoms with Crippen molar-refractivity contribution in [3.63, 3.8) is 0 Å². The molecule has 0 spiro atoms. The van der Waals surface area contributed by atoms with Crippen molar-refractivity contribution in [2.75, 3.05) is 5.32 Å². The van der Waals surface area contributed by atoms with Gasteiger partial charge in [-0.15, -0.1) is 10.2 Å². The lowest BCUT2D eigenvalue weighted by molar-refractivity contribution is -0.115. The van der Waals surface area contributed by atoms with Crippen LogP contribution in [-0.4, -0.2) is 30.9 Å². The Morgan fingerprint density at radius 2 is 1.71 bits per heavy atom. The third kappa shape index (κ3) is 4.86. The molecule has 0 bridgehead atoms. The first-order valence-electron chi connectivity index (χ1n) is 10.9. The van der Waals surface area contributed by atoms with Crippen molar-refractivity contribution in [3.8, 4) is 17.1 Å². The molecule has 34 heavy (non-hydrogen) atoms. The molecule has 2 aromatic carbocycles. The van der Waals surface area contributed by atoms with Crippen LogP contribution in [0.2, 0.25) is 5.02 Å². The van der Waals surface area contributed by atoms with Crippen LogP contribution in [0.25, 0.3) is 17.1 Å². The van der Waals surface area contributed by atoms with E-state index in [1.165, 1.54) is 17.3 Å². The molecule has 8 heteroatoms. The molecule has 6 nitrogen and oxygen atoms in total. The van der Waals surface area contributed by atoms with Crippen molar-refractivity contribution in [1.82, 2.24) is 19.7 Å². The molecule has 4 rings (SSSR count). The highest BCUT2D eigenvalue weighted by molar-refractivity contribution is 8.00. The summed E-state index contributed by atoms with van der Waals surface area (Å²) in [7, 11) is 0. The minimum atomic E-state index is -0.409. The number of benzene rings is 2. The molecule has 0 fully saturated rings. The molecule has 2 aromatic heterocycles. The highest BCUT2D eigenvalue weighted by Crippen LogP contribution is 2.33. The number of nitrogens with zero attached hydrogens (tertiary/aromatic N) is 4. The average molecular weight is 492 g/mol. The number of aromatic nitrogens is 4. The van der Waals surface area contributed by atoms with Crippen LogP contribution in [-0.2, 0) is 4.79 Å². The summed E-state index contributed by atoms with van der Waals surface area (Å²) in [4.78, 5) is 17.2. The second kappa shape index (κ2) is 9.99. The Labute approximate surface area is 208 Å². The predicted molar refractivity (Wildman–Crippen MR) is 139 cm³/mol. The quantitative estimate of drug-likeness (QED) is 0.319. The van der Waals surface area contributed by atoms with Crippen molar-refractivity contribution < 1.29 is 4.79 Å². The van der Waals surface area contributed by atoms with Crippen molar-refractivity contribution in [2.24, 2.45) is 0 Å². The van der Waals surface area contributed by atoms with E-state index in [9.17, 15) is 4.79 Å². The number of anilines is 1. The first-order chi connectivity index (χ1) is 16.3. The molecule has 0 radical (unpaired) electrons. The standard InChI is InChI=1S/C26H26ClN5OS/c1-15-13-16(2)23(17(3)14-15)29-25(33)19(5)34-26-31-30-24(20-9-11-28-12-10-20)32(26)22-8-6-7-21(27)18(22)4/h6-14,19H,1-5H3,(H,29,33). The van der Waals surface area contributed by atoms with E-state index >= 15 is 0 Å². The number of pyridine rings is 1. The fourth-order valence-electron chi connectivity index (χ4n) is 3.90. The molecular formula is C26H26ClN5OS. The van der Waals surface area contributed by atoms with Gasteiger partial charge >= 0.3 is 0 Å². The summed E-state index contributed by atoms with van der Waals surface area (Å²) in [6.07, 6.45) is 3.43. The van der Waals surface area contributed by atoms with Crippen LogP contribution in [0, 0.1) is 27.7 Å². The lowest BCUT2D eigenvalue weighted by Gasteiger charge is -2.17. The Balaban J connectivity index is 1.69. The third-order valence-electron chi connectivity index (χ3n) is 5.63. The number of carbonyl (C=O) groups excluding carboxylic acids is 1. The number of carbonyl (C=O) groups is 1. The van der Waals surface area contributed by atoms with Gasteiger partial charge in [-0.3, -0.25) is 14.3 Å². The number of hydrogen-bond donors (Lipinski definition) is 1. The van der Waals surface area contributed by atoms with Gasteiger partial charge in [-0.05, 0) is 75.6 Å². The van der Waals surface area contributed by atoms with E-state index in [0.717, 1.165) is 33.6 Å². The predicted octanol–water partition coefficient (Wildman–Crippen LogP) is 6.34. The second-order valence-electron chi connectivity index (χ2n) is 8.28. The van der Waals surface area contributed by atoms with E-state index in [-0.39, 0.29) is 5.91 Å². The summed E-state index contributed by atoms with van der Waals surface area (Å²) in [6.45, 7) is 9.89. The number of thioether (sulfide) groups is 1. The maximum atomic E-state index is 13.1. The normalized spacial score (nSPS) is 11.9. The number of halogens is 1. The number of rotatable bonds is 6. The van der Waals surface area contributed by atoms with Gasteiger partial charge in [0.25, 0.3) is 0 Å². The molecule has 1 unspecified atom stereocenters. The van der Waals surface area contributed by atoms with Crippen LogP contribution >= 0.6 is 23.4 Å². The maximum Gasteiger partial charge on any atom is 0.237 e. The fourth-order valence-corrected chi connectivity index (χ4v) is 4.93. The Morgan fingerprint density at radius 1 is 1.03 bits per heavy atom. The first kappa shape index (κ1) is 24.0. The van der Waals surface area contributed by atoms with Gasteiger partial charge in [0.1, 0.15) is 0 Å². The maximum absolute atomic E-state index is 13.1. The minimum Gasteiger partial charge on any atom is -0.325 e. The Hall–Kier alpha value is -3.16. The van der Waals surface area contributed by atoms with Crippen LogP contribution in [0.4, 0.5) is 5.69 Å². The van der Waals surface area contributed by atoms with Crippen molar-refractivity contribution >= 4 is 35.0 Å². The summed E-state index contributed by atoms with van der Waals surface area (Å²) in [5, 5.41) is 12.9. The van der Waals surface area contributed by atoms with Gasteiger partial charge in [0.2, 0.25) is 5.91 Å². The Morgan fingerprint density at radius 3 is 2.38 bits per heavy atom. The zero-order valence-corrected chi connectivity index (χ0v) is 21.3. The van der Waals surface area contributed by atoms with E-state index in [1.807, 2.05) is 62.6 Å². The van der Waals surface area contributed by atoms with Crippen molar-refractivity contribution in [1.29, 1.82) is 0 Å². The van der Waals surface area contributed by atoms with Gasteiger partial charge in [-0.1, -0.05) is 47.1 Å². The molecule has 1 amide bonds. The topological polar surface area (TPSA) is 72.7 Å². The lowest BCUT2D eigenvalue weighted by atomic mass is 10.1. The van der Waals surface area contributed by atoms with Crippen LogP contribution in [0.5, 0.6) is 0 Å². The van der Waals surface area contributed by atoms with Crippen LogP contribution in [0.15, 0.2) is 60.0 Å². The first-order valence-corrected chi connectivity index (χ1v) is 12.2. The highest BCUT2D eigenvalue weighted by atomic mass is 35.5. The summed E-state index contributed by atoms with van der Waals surface area (Å²) in [6, 6.07) is 13.6. The number of amides is 1. The van der Waals surface area contributed by atoms with Gasteiger partial charge in [0.15, 0.2) is 11.0 Å². The Bertz CT molecular complexity index is 1330. The highest BCUT2D eigenvalue weighted by Gasteiger charge is 2.23. The monoisotopic (exact) mass is 491 g/mol. The van der Waals surface area contributed by atoms with E-state index < -0.39 is 5.25 Å². The van der Waals surface area contributed by atoms with Crippen LogP contribution in [0.3, 0.4) is 0 Å². The van der Waals surface area contributed by atoms with Crippen LogP contribution < -0.4 is 5.32 Å². The largest absolute Gasteiger partial charge is 0.325 e. The average Bonchev–Trinajstić information content (AvgIpc) is 3.21. The third-order valence-corrected chi connectivity index (χ3v) is 7.08. The number of nitrogens with one attached hydrogen (secondary N) is 1. The van der Waals surface area contributed by atoms with Crippen molar-refractivity contribution in [2.45, 2.75) is 45.0 Å². The molecular weight excluding hydrogens is 466 g/mol. The van der Waals surface area contributed by atoms with E-state index in [2.05, 4.69) is 39.6 Å². The van der Waals surface area contributed by atoms with E-state index in [0.29, 0.717) is 16.0 Å². The van der Waals surface area contributed by atoms with Crippen LogP contribution in [0.1, 0.15) is 29.2 Å².